The number of Topliss-reactive ketones (excluding diaryl/α,β-unsaturated/α-hetero) is 1. The van der Waals surface area contributed by atoms with Crippen LogP contribution in [0.1, 0.15) is 41.6 Å². The second kappa shape index (κ2) is 8.86. The van der Waals surface area contributed by atoms with Gasteiger partial charge in [0.1, 0.15) is 5.75 Å². The number of nitrogen functional groups attached to an aromatic ring is 1. The van der Waals surface area contributed by atoms with Crippen molar-refractivity contribution < 1.29 is 18.3 Å². The Balaban J connectivity index is 1.79. The van der Waals surface area contributed by atoms with Crippen molar-refractivity contribution in [2.24, 2.45) is 0 Å². The molecule has 0 aliphatic carbocycles. The second-order valence-electron chi connectivity index (χ2n) is 7.01. The lowest BCUT2D eigenvalue weighted by Crippen LogP contribution is -2.09. The number of rotatable bonds is 8. The van der Waals surface area contributed by atoms with E-state index in [-0.39, 0.29) is 23.3 Å². The Morgan fingerprint density at radius 2 is 1.87 bits per heavy atom. The average Bonchev–Trinajstić information content (AvgIpc) is 3.19. The van der Waals surface area contributed by atoms with Gasteiger partial charge in [-0.05, 0) is 58.0 Å². The van der Waals surface area contributed by atoms with Gasteiger partial charge < -0.3 is 15.0 Å². The zero-order valence-electron chi connectivity index (χ0n) is 17.1. The number of hydrogen-bond donors (Lipinski definition) is 1. The summed E-state index contributed by atoms with van der Waals surface area (Å²) in [6.07, 6.45) is 0. The van der Waals surface area contributed by atoms with Crippen molar-refractivity contribution in [3.8, 4) is 11.4 Å². The number of carbonyl (C=O) groups excluding carboxylic acids is 1. The Morgan fingerprint density at radius 1 is 1.20 bits per heavy atom. The molecule has 2 N–H and O–H groups in total. The number of hydrogen-bond acceptors (Lipinski definition) is 6. The highest BCUT2D eigenvalue weighted by Crippen LogP contribution is 2.27. The van der Waals surface area contributed by atoms with Gasteiger partial charge in [-0.15, -0.1) is 10.2 Å². The van der Waals surface area contributed by atoms with E-state index in [1.807, 2.05) is 38.3 Å². The van der Waals surface area contributed by atoms with Gasteiger partial charge in [-0.1, -0.05) is 11.8 Å². The standard InChI is InChI=1S/C20H23F2N5O2S/c1-11(2)26-19(23)24-25-20(26)30-10-17(28)16-9-12(3)27(13(16)4)14-5-7-15(8-6-14)29-18(21)22/h5-9,11,18H,10H2,1-4H3,(H2,23,24). The number of alkyl halides is 2. The van der Waals surface area contributed by atoms with Crippen LogP contribution in [0.15, 0.2) is 35.5 Å². The largest absolute Gasteiger partial charge is 0.435 e. The van der Waals surface area contributed by atoms with Crippen LogP contribution in [0.25, 0.3) is 5.69 Å². The SMILES string of the molecule is Cc1cc(C(=O)CSc2nnc(N)n2C(C)C)c(C)n1-c1ccc(OC(F)F)cc1. The number of aryl methyl sites for hydroxylation is 1. The van der Waals surface area contributed by atoms with Crippen LogP contribution >= 0.6 is 11.8 Å². The number of thioether (sulfide) groups is 1. The predicted molar refractivity (Wildman–Crippen MR) is 112 cm³/mol. The van der Waals surface area contributed by atoms with Crippen LogP contribution in [0.3, 0.4) is 0 Å². The molecule has 0 amide bonds. The molecule has 0 aliphatic heterocycles. The molecule has 0 saturated heterocycles. The van der Waals surface area contributed by atoms with Gasteiger partial charge in [0.2, 0.25) is 5.95 Å². The van der Waals surface area contributed by atoms with E-state index in [2.05, 4.69) is 14.9 Å². The summed E-state index contributed by atoms with van der Waals surface area (Å²) in [6.45, 7) is 4.80. The first-order valence-corrected chi connectivity index (χ1v) is 10.3. The fraction of sp³-hybridized carbons (Fsp3) is 0.350. The smallest absolute Gasteiger partial charge is 0.387 e. The molecule has 160 valence electrons. The van der Waals surface area contributed by atoms with Gasteiger partial charge in [-0.2, -0.15) is 8.78 Å². The number of benzene rings is 1. The lowest BCUT2D eigenvalue weighted by atomic mass is 10.2. The van der Waals surface area contributed by atoms with Crippen LogP contribution in [-0.2, 0) is 0 Å². The Kier molecular flexibility index (Phi) is 6.45. The quantitative estimate of drug-likeness (QED) is 0.416. The van der Waals surface area contributed by atoms with Gasteiger partial charge in [0.05, 0.1) is 5.75 Å². The first-order chi connectivity index (χ1) is 14.2. The molecule has 2 heterocycles. The van der Waals surface area contributed by atoms with Crippen molar-refractivity contribution in [2.75, 3.05) is 11.5 Å². The first kappa shape index (κ1) is 21.8. The van der Waals surface area contributed by atoms with Gasteiger partial charge in [0.25, 0.3) is 0 Å². The topological polar surface area (TPSA) is 88.0 Å². The van der Waals surface area contributed by atoms with Crippen LogP contribution in [0.2, 0.25) is 0 Å². The molecule has 7 nitrogen and oxygen atoms in total. The van der Waals surface area contributed by atoms with Crippen molar-refractivity contribution in [2.45, 2.75) is 45.5 Å². The molecule has 3 aromatic rings. The Labute approximate surface area is 177 Å². The molecule has 0 atom stereocenters. The molecule has 3 rings (SSSR count). The molecule has 2 aromatic heterocycles. The van der Waals surface area contributed by atoms with Crippen molar-refractivity contribution >= 4 is 23.5 Å². The summed E-state index contributed by atoms with van der Waals surface area (Å²) < 4.78 is 32.8. The van der Waals surface area contributed by atoms with Gasteiger partial charge in [-0.3, -0.25) is 9.36 Å². The van der Waals surface area contributed by atoms with E-state index in [1.165, 1.54) is 23.9 Å². The third-order valence-electron chi connectivity index (χ3n) is 4.59. The highest BCUT2D eigenvalue weighted by molar-refractivity contribution is 7.99. The molecule has 30 heavy (non-hydrogen) atoms. The fourth-order valence-corrected chi connectivity index (χ4v) is 4.26. The molecule has 0 spiro atoms. The minimum absolute atomic E-state index is 0.0473. The maximum Gasteiger partial charge on any atom is 0.387 e. The Bertz CT molecular complexity index is 1040. The summed E-state index contributed by atoms with van der Waals surface area (Å²) in [6, 6.07) is 8.20. The van der Waals surface area contributed by atoms with Crippen molar-refractivity contribution in [1.29, 1.82) is 0 Å². The number of ketones is 1. The third-order valence-corrected chi connectivity index (χ3v) is 5.53. The number of nitrogens with two attached hydrogens (primary N) is 1. The van der Waals surface area contributed by atoms with E-state index < -0.39 is 6.61 Å². The van der Waals surface area contributed by atoms with Crippen LogP contribution in [0.4, 0.5) is 14.7 Å². The van der Waals surface area contributed by atoms with E-state index in [9.17, 15) is 13.6 Å². The molecule has 0 bridgehead atoms. The molecule has 0 saturated carbocycles. The third kappa shape index (κ3) is 4.48. The van der Waals surface area contributed by atoms with Crippen LogP contribution in [-0.4, -0.2) is 37.5 Å². The maximum atomic E-state index is 12.9. The highest BCUT2D eigenvalue weighted by Gasteiger charge is 2.19. The van der Waals surface area contributed by atoms with Crippen molar-refractivity contribution in [1.82, 2.24) is 19.3 Å². The highest BCUT2D eigenvalue weighted by atomic mass is 32.2. The van der Waals surface area contributed by atoms with Crippen molar-refractivity contribution in [3.63, 3.8) is 0 Å². The first-order valence-electron chi connectivity index (χ1n) is 9.29. The maximum absolute atomic E-state index is 12.9. The lowest BCUT2D eigenvalue weighted by molar-refractivity contribution is -0.0498. The molecule has 0 radical (unpaired) electrons. The number of carbonyl (C=O) groups is 1. The zero-order valence-corrected chi connectivity index (χ0v) is 17.9. The monoisotopic (exact) mass is 435 g/mol. The fourth-order valence-electron chi connectivity index (χ4n) is 3.30. The molecule has 1 aromatic carbocycles. The molecular formula is C20H23F2N5O2S. The molecule has 0 aliphatic rings. The molecule has 10 heteroatoms. The minimum Gasteiger partial charge on any atom is -0.435 e. The summed E-state index contributed by atoms with van der Waals surface area (Å²) in [5.41, 5.74) is 8.82. The van der Waals surface area contributed by atoms with Crippen molar-refractivity contribution in [3.05, 3.63) is 47.3 Å². The Hall–Kier alpha value is -2.88. The van der Waals surface area contributed by atoms with Gasteiger partial charge >= 0.3 is 6.61 Å². The minimum atomic E-state index is -2.87. The Morgan fingerprint density at radius 3 is 2.47 bits per heavy atom. The van der Waals surface area contributed by atoms with E-state index in [4.69, 9.17) is 5.73 Å². The number of halogens is 2. The van der Waals surface area contributed by atoms with E-state index in [0.29, 0.717) is 16.7 Å². The number of ether oxygens (including phenoxy) is 1. The predicted octanol–water partition coefficient (Wildman–Crippen LogP) is 4.43. The van der Waals surface area contributed by atoms with Crippen LogP contribution in [0, 0.1) is 13.8 Å². The summed E-state index contributed by atoms with van der Waals surface area (Å²) in [7, 11) is 0. The molecular weight excluding hydrogens is 412 g/mol. The van der Waals surface area contributed by atoms with E-state index in [1.54, 1.807) is 16.7 Å². The second-order valence-corrected chi connectivity index (χ2v) is 7.95. The van der Waals surface area contributed by atoms with E-state index >= 15 is 0 Å². The number of nitrogens with zero attached hydrogens (tertiary/aromatic N) is 4. The zero-order chi connectivity index (χ0) is 22.0. The molecule has 0 unspecified atom stereocenters. The lowest BCUT2D eigenvalue weighted by Gasteiger charge is -2.12. The van der Waals surface area contributed by atoms with Crippen LogP contribution < -0.4 is 10.5 Å². The summed E-state index contributed by atoms with van der Waals surface area (Å²) in [4.78, 5) is 12.9. The number of aromatic nitrogens is 4. The average molecular weight is 436 g/mol. The van der Waals surface area contributed by atoms with Gasteiger partial charge in [-0.25, -0.2) is 0 Å². The summed E-state index contributed by atoms with van der Waals surface area (Å²) >= 11 is 1.29. The van der Waals surface area contributed by atoms with Gasteiger partial charge in [0, 0.05) is 28.7 Å². The summed E-state index contributed by atoms with van der Waals surface area (Å²) in [5, 5.41) is 8.54. The van der Waals surface area contributed by atoms with Crippen LogP contribution in [0.5, 0.6) is 5.75 Å². The van der Waals surface area contributed by atoms with Gasteiger partial charge in [0.15, 0.2) is 10.9 Å². The summed E-state index contributed by atoms with van der Waals surface area (Å²) in [5.74, 6) is 0.541. The molecule has 0 fully saturated rings. The van der Waals surface area contributed by atoms with E-state index in [0.717, 1.165) is 17.1 Å². The normalized spacial score (nSPS) is 11.5. The number of anilines is 1.